The molecule has 0 amide bonds. The van der Waals surface area contributed by atoms with E-state index < -0.39 is 11.6 Å². The first-order valence-electron chi connectivity index (χ1n) is 2.41. The van der Waals surface area contributed by atoms with Crippen LogP contribution in [0.2, 0.25) is 0 Å². The minimum Gasteiger partial charge on any atom is -0.303 e. The molecule has 11 heavy (non-hydrogen) atoms. The minimum atomic E-state index is -4.64. The summed E-state index contributed by atoms with van der Waals surface area (Å²) in [5.74, 6) is 0. The largest absolute Gasteiger partial charge is 0.466 e. The van der Waals surface area contributed by atoms with Crippen LogP contribution < -0.4 is 0 Å². The monoisotopic (exact) mass is 244 g/mol. The number of alkyl halides is 3. The number of hydrogen-bond donors (Lipinski definition) is 3. The topological polar surface area (TPSA) is 77.8 Å². The zero-order valence-corrected chi connectivity index (χ0v) is 8.70. The molecule has 0 aliphatic heterocycles. The quantitative estimate of drug-likeness (QED) is 0.449. The van der Waals surface area contributed by atoms with Gasteiger partial charge in [-0.1, -0.05) is 41.7 Å². The summed E-state index contributed by atoms with van der Waals surface area (Å²) in [6.45, 7) is 1.81. The highest BCUT2D eigenvalue weighted by Crippen LogP contribution is 2.28. The number of rotatable bonds is 0. The van der Waals surface area contributed by atoms with Crippen molar-refractivity contribution in [2.45, 2.75) is 17.1 Å². The summed E-state index contributed by atoms with van der Waals surface area (Å²) in [4.78, 5) is 21.6. The fraction of sp³-hybridized carbons (Fsp3) is 1.00. The van der Waals surface area contributed by atoms with Crippen LogP contribution in [0.4, 0.5) is 0 Å². The molecule has 0 aromatic heterocycles. The molecular weight excluding hydrogens is 237 g/mol. The van der Waals surface area contributed by atoms with Gasteiger partial charge in [0.15, 0.2) is 3.79 Å². The van der Waals surface area contributed by atoms with E-state index in [4.69, 9.17) is 54.0 Å². The Morgan fingerprint density at radius 2 is 1.36 bits per heavy atom. The third-order valence-corrected chi connectivity index (χ3v) is 1.20. The first-order chi connectivity index (χ1) is 4.56. The molecule has 0 aromatic carbocycles. The number of phosphoric acid groups is 1. The van der Waals surface area contributed by atoms with E-state index in [1.165, 1.54) is 0 Å². The summed E-state index contributed by atoms with van der Waals surface area (Å²) in [7, 11) is -4.64. The molecule has 0 heterocycles. The molecule has 0 aliphatic rings. The van der Waals surface area contributed by atoms with Gasteiger partial charge >= 0.3 is 7.82 Å². The van der Waals surface area contributed by atoms with Gasteiger partial charge in [-0.05, 0) is 6.42 Å². The van der Waals surface area contributed by atoms with Crippen LogP contribution in [0.25, 0.3) is 0 Å². The molecule has 4 nitrogen and oxygen atoms in total. The highest BCUT2D eigenvalue weighted by Gasteiger charge is 2.14. The first kappa shape index (κ1) is 14.5. The molecule has 0 fully saturated rings. The standard InChI is InChI=1S/C3H5Cl3.H3O4P/c1-2-3(4,5)6;1-5(2,3)4/h2H2,1H3;(H3,1,2,3,4). The normalized spacial score (nSPS) is 11.9. The van der Waals surface area contributed by atoms with Crippen LogP contribution in [0, 0.1) is 0 Å². The molecule has 0 unspecified atom stereocenters. The van der Waals surface area contributed by atoms with E-state index in [2.05, 4.69) is 0 Å². The average Bonchev–Trinajstić information content (AvgIpc) is 1.59. The van der Waals surface area contributed by atoms with Crippen molar-refractivity contribution in [3.63, 3.8) is 0 Å². The van der Waals surface area contributed by atoms with Gasteiger partial charge in [-0.15, -0.1) is 0 Å². The molecular formula is C3H8Cl3O4P. The molecule has 0 saturated heterocycles. The van der Waals surface area contributed by atoms with Gasteiger partial charge < -0.3 is 14.7 Å². The van der Waals surface area contributed by atoms with Crippen LogP contribution in [0.15, 0.2) is 0 Å². The van der Waals surface area contributed by atoms with Gasteiger partial charge in [0.1, 0.15) is 0 Å². The average molecular weight is 245 g/mol. The summed E-state index contributed by atoms with van der Waals surface area (Å²) < 4.78 is 7.84. The van der Waals surface area contributed by atoms with Gasteiger partial charge in [-0.25, -0.2) is 4.57 Å². The molecule has 8 heteroatoms. The van der Waals surface area contributed by atoms with Crippen LogP contribution in [0.3, 0.4) is 0 Å². The molecule has 0 bridgehead atoms. The van der Waals surface area contributed by atoms with E-state index in [0.29, 0.717) is 6.42 Å². The van der Waals surface area contributed by atoms with Gasteiger partial charge in [0, 0.05) is 0 Å². The second-order valence-electron chi connectivity index (χ2n) is 1.48. The predicted molar refractivity (Wildman–Crippen MR) is 44.8 cm³/mol. The lowest BCUT2D eigenvalue weighted by Gasteiger charge is -2.02. The van der Waals surface area contributed by atoms with Crippen LogP contribution in [0.1, 0.15) is 13.3 Å². The lowest BCUT2D eigenvalue weighted by Crippen LogP contribution is -1.95. The van der Waals surface area contributed by atoms with Crippen molar-refractivity contribution in [2.24, 2.45) is 0 Å². The molecule has 0 atom stereocenters. The van der Waals surface area contributed by atoms with Crippen LogP contribution in [-0.2, 0) is 4.57 Å². The van der Waals surface area contributed by atoms with E-state index in [-0.39, 0.29) is 0 Å². The second kappa shape index (κ2) is 5.60. The van der Waals surface area contributed by atoms with Crippen molar-refractivity contribution in [1.29, 1.82) is 0 Å². The third-order valence-electron chi connectivity index (χ3n) is 0.401. The number of halogens is 3. The second-order valence-corrected chi connectivity index (χ2v) is 5.02. The van der Waals surface area contributed by atoms with E-state index in [1.807, 2.05) is 6.92 Å². The summed E-state index contributed by atoms with van der Waals surface area (Å²) in [6, 6.07) is 0. The number of hydrogen-bond acceptors (Lipinski definition) is 1. The molecule has 0 radical (unpaired) electrons. The molecule has 0 spiro atoms. The van der Waals surface area contributed by atoms with Crippen LogP contribution >= 0.6 is 42.6 Å². The molecule has 0 saturated carbocycles. The lowest BCUT2D eigenvalue weighted by molar-refractivity contribution is 0.275. The van der Waals surface area contributed by atoms with Crippen molar-refractivity contribution in [3.05, 3.63) is 0 Å². The molecule has 3 N–H and O–H groups in total. The third kappa shape index (κ3) is 55.9. The van der Waals surface area contributed by atoms with Crippen molar-refractivity contribution in [1.82, 2.24) is 0 Å². The molecule has 0 aliphatic carbocycles. The fourth-order valence-electron chi connectivity index (χ4n) is 0. The smallest absolute Gasteiger partial charge is 0.303 e. The summed E-state index contributed by atoms with van der Waals surface area (Å²) in [5.41, 5.74) is 0. The van der Waals surface area contributed by atoms with Crippen molar-refractivity contribution < 1.29 is 19.2 Å². The zero-order valence-electron chi connectivity index (χ0n) is 5.54. The van der Waals surface area contributed by atoms with E-state index in [9.17, 15) is 0 Å². The molecule has 0 aromatic rings. The van der Waals surface area contributed by atoms with Gasteiger partial charge in [-0.3, -0.25) is 0 Å². The van der Waals surface area contributed by atoms with E-state index >= 15 is 0 Å². The Hall–Kier alpha value is 0.980. The first-order valence-corrected chi connectivity index (χ1v) is 5.11. The van der Waals surface area contributed by atoms with Gasteiger partial charge in [0.25, 0.3) is 0 Å². The van der Waals surface area contributed by atoms with Crippen LogP contribution in [0.5, 0.6) is 0 Å². The van der Waals surface area contributed by atoms with Gasteiger partial charge in [-0.2, -0.15) is 0 Å². The van der Waals surface area contributed by atoms with Crippen LogP contribution in [-0.4, -0.2) is 18.5 Å². The SMILES string of the molecule is CCC(Cl)(Cl)Cl.O=P(O)(O)O. The Balaban J connectivity index is 0. The summed E-state index contributed by atoms with van der Waals surface area (Å²) in [5, 5.41) is 0. The maximum Gasteiger partial charge on any atom is 0.466 e. The lowest BCUT2D eigenvalue weighted by atomic mass is 10.6. The Labute approximate surface area is 79.3 Å². The highest BCUT2D eigenvalue weighted by atomic mass is 35.6. The van der Waals surface area contributed by atoms with Crippen molar-refractivity contribution >= 4 is 42.6 Å². The maximum atomic E-state index is 8.88. The summed E-state index contributed by atoms with van der Waals surface area (Å²) >= 11 is 15.7. The Morgan fingerprint density at radius 1 is 1.27 bits per heavy atom. The van der Waals surface area contributed by atoms with Crippen molar-refractivity contribution in [2.75, 3.05) is 0 Å². The maximum absolute atomic E-state index is 8.88. The predicted octanol–water partition coefficient (Wildman–Crippen LogP) is 1.84. The zero-order chi connectivity index (χ0) is 9.71. The van der Waals surface area contributed by atoms with Crippen molar-refractivity contribution in [3.8, 4) is 0 Å². The van der Waals surface area contributed by atoms with Gasteiger partial charge in [0.05, 0.1) is 0 Å². The Morgan fingerprint density at radius 3 is 1.36 bits per heavy atom. The fourth-order valence-corrected chi connectivity index (χ4v) is 0. The highest BCUT2D eigenvalue weighted by molar-refractivity contribution is 7.45. The molecule has 70 valence electrons. The Bertz CT molecular complexity index is 130. The molecule has 0 rings (SSSR count). The minimum absolute atomic E-state index is 0.567. The van der Waals surface area contributed by atoms with Gasteiger partial charge in [0.2, 0.25) is 0 Å². The Kier molecular flexibility index (Phi) is 7.38. The van der Waals surface area contributed by atoms with E-state index in [1.54, 1.807) is 0 Å². The van der Waals surface area contributed by atoms with E-state index in [0.717, 1.165) is 0 Å². The summed E-state index contributed by atoms with van der Waals surface area (Å²) in [6.07, 6.45) is 0.567.